The molecule has 0 bridgehead atoms. The lowest BCUT2D eigenvalue weighted by atomic mass is 9.85. The van der Waals surface area contributed by atoms with E-state index in [1.54, 1.807) is 0 Å². The van der Waals surface area contributed by atoms with Crippen LogP contribution in [0.4, 0.5) is 0 Å². The lowest BCUT2D eigenvalue weighted by molar-refractivity contribution is 0.323. The number of benzene rings is 1. The van der Waals surface area contributed by atoms with Gasteiger partial charge in [0.1, 0.15) is 0 Å². The molecule has 1 atom stereocenters. The molecule has 4 N–H and O–H groups in total. The first-order chi connectivity index (χ1) is 8.36. The van der Waals surface area contributed by atoms with Crippen LogP contribution in [0.2, 0.25) is 0 Å². The summed E-state index contributed by atoms with van der Waals surface area (Å²) in [7, 11) is 0. The summed E-state index contributed by atoms with van der Waals surface area (Å²) in [4.78, 5) is 3.25. The normalized spacial score (nSPS) is 19.6. The molecular formula is C14H19N3. The molecule has 0 spiro atoms. The van der Waals surface area contributed by atoms with E-state index in [2.05, 4.69) is 34.6 Å². The molecule has 3 rings (SSSR count). The third kappa shape index (κ3) is 1.96. The Balaban J connectivity index is 1.94. The summed E-state index contributed by atoms with van der Waals surface area (Å²) in [6.45, 7) is 2.20. The van der Waals surface area contributed by atoms with Gasteiger partial charge >= 0.3 is 0 Å². The minimum Gasteiger partial charge on any atom is -0.361 e. The van der Waals surface area contributed by atoms with Gasteiger partial charge in [0.2, 0.25) is 0 Å². The minimum atomic E-state index is 0.164. The number of hydrogen-bond acceptors (Lipinski definition) is 2. The van der Waals surface area contributed by atoms with Crippen molar-refractivity contribution in [3.8, 4) is 0 Å². The van der Waals surface area contributed by atoms with Gasteiger partial charge in [0, 0.05) is 23.1 Å². The molecule has 0 saturated carbocycles. The van der Waals surface area contributed by atoms with E-state index < -0.39 is 0 Å². The number of rotatable bonds is 2. The molecule has 1 fully saturated rings. The van der Waals surface area contributed by atoms with Gasteiger partial charge in [-0.25, -0.2) is 0 Å². The van der Waals surface area contributed by atoms with Crippen LogP contribution < -0.4 is 11.1 Å². The molecule has 1 aliphatic heterocycles. The van der Waals surface area contributed by atoms with Gasteiger partial charge in [0.15, 0.2) is 0 Å². The Kier molecular flexibility index (Phi) is 2.87. The van der Waals surface area contributed by atoms with Crippen LogP contribution in [-0.4, -0.2) is 18.1 Å². The Bertz CT molecular complexity index is 497. The zero-order chi connectivity index (χ0) is 11.7. The number of nitrogens with one attached hydrogen (secondary N) is 2. The van der Waals surface area contributed by atoms with Gasteiger partial charge in [-0.1, -0.05) is 12.1 Å². The average Bonchev–Trinajstić information content (AvgIpc) is 2.87. The van der Waals surface area contributed by atoms with Crippen molar-refractivity contribution in [1.82, 2.24) is 10.3 Å². The Hall–Kier alpha value is -1.32. The predicted molar refractivity (Wildman–Crippen MR) is 70.8 cm³/mol. The molecule has 0 amide bonds. The van der Waals surface area contributed by atoms with E-state index in [-0.39, 0.29) is 6.04 Å². The summed E-state index contributed by atoms with van der Waals surface area (Å²) < 4.78 is 0. The fourth-order valence-corrected chi connectivity index (χ4v) is 2.86. The molecule has 0 radical (unpaired) electrons. The Labute approximate surface area is 101 Å². The average molecular weight is 229 g/mol. The zero-order valence-electron chi connectivity index (χ0n) is 9.95. The highest BCUT2D eigenvalue weighted by atomic mass is 14.9. The van der Waals surface area contributed by atoms with E-state index in [4.69, 9.17) is 5.73 Å². The van der Waals surface area contributed by atoms with E-state index in [1.807, 2.05) is 6.20 Å². The molecule has 2 heterocycles. The van der Waals surface area contributed by atoms with Gasteiger partial charge in [-0.05, 0) is 49.5 Å². The standard InChI is InChI=1S/C14H19N3/c15-14(10-4-7-16-8-5-10)12-2-1-3-13-11(12)6-9-17-13/h1-3,6,9-10,14,16-17H,4-5,7-8,15H2/t14-/m1/s1. The topological polar surface area (TPSA) is 53.8 Å². The molecule has 1 aromatic carbocycles. The highest BCUT2D eigenvalue weighted by Crippen LogP contribution is 2.31. The van der Waals surface area contributed by atoms with Crippen LogP contribution in [0.25, 0.3) is 10.9 Å². The van der Waals surface area contributed by atoms with Crippen LogP contribution >= 0.6 is 0 Å². The summed E-state index contributed by atoms with van der Waals surface area (Å²) in [6, 6.07) is 8.66. The Morgan fingerprint density at radius 2 is 2.00 bits per heavy atom. The van der Waals surface area contributed by atoms with Crippen molar-refractivity contribution in [1.29, 1.82) is 0 Å². The number of aromatic nitrogens is 1. The quantitative estimate of drug-likeness (QED) is 0.739. The van der Waals surface area contributed by atoms with Crippen LogP contribution in [-0.2, 0) is 0 Å². The lowest BCUT2D eigenvalue weighted by Crippen LogP contribution is -2.33. The summed E-state index contributed by atoms with van der Waals surface area (Å²) in [5.41, 5.74) is 8.93. The maximum absolute atomic E-state index is 6.45. The van der Waals surface area contributed by atoms with Gasteiger partial charge in [-0.3, -0.25) is 0 Å². The number of hydrogen-bond donors (Lipinski definition) is 3. The first-order valence-corrected chi connectivity index (χ1v) is 6.38. The van der Waals surface area contributed by atoms with Crippen molar-refractivity contribution in [2.24, 2.45) is 11.7 Å². The maximum atomic E-state index is 6.45. The summed E-state index contributed by atoms with van der Waals surface area (Å²) in [6.07, 6.45) is 4.35. The van der Waals surface area contributed by atoms with Crippen molar-refractivity contribution in [3.63, 3.8) is 0 Å². The van der Waals surface area contributed by atoms with E-state index in [1.165, 1.54) is 29.3 Å². The first-order valence-electron chi connectivity index (χ1n) is 6.38. The summed E-state index contributed by atoms with van der Waals surface area (Å²) >= 11 is 0. The van der Waals surface area contributed by atoms with Crippen LogP contribution in [0, 0.1) is 5.92 Å². The smallest absolute Gasteiger partial charge is 0.0457 e. The molecule has 0 unspecified atom stereocenters. The van der Waals surface area contributed by atoms with Crippen molar-refractivity contribution in [3.05, 3.63) is 36.0 Å². The molecule has 3 heteroatoms. The van der Waals surface area contributed by atoms with Gasteiger partial charge in [0.05, 0.1) is 0 Å². The Morgan fingerprint density at radius 1 is 1.18 bits per heavy atom. The molecule has 0 aliphatic carbocycles. The van der Waals surface area contributed by atoms with E-state index in [0.29, 0.717) is 5.92 Å². The summed E-state index contributed by atoms with van der Waals surface area (Å²) in [5, 5.41) is 4.67. The second-order valence-corrected chi connectivity index (χ2v) is 4.90. The van der Waals surface area contributed by atoms with E-state index in [0.717, 1.165) is 13.1 Å². The molecule has 1 saturated heterocycles. The zero-order valence-corrected chi connectivity index (χ0v) is 9.95. The second-order valence-electron chi connectivity index (χ2n) is 4.90. The predicted octanol–water partition coefficient (Wildman–Crippen LogP) is 2.17. The highest BCUT2D eigenvalue weighted by molar-refractivity contribution is 5.83. The number of nitrogens with two attached hydrogens (primary N) is 1. The molecule has 90 valence electrons. The largest absolute Gasteiger partial charge is 0.361 e. The van der Waals surface area contributed by atoms with Gasteiger partial charge < -0.3 is 16.0 Å². The molecular weight excluding hydrogens is 210 g/mol. The molecule has 3 nitrogen and oxygen atoms in total. The van der Waals surface area contributed by atoms with Gasteiger partial charge in [-0.2, -0.15) is 0 Å². The molecule has 1 aliphatic rings. The van der Waals surface area contributed by atoms with Crippen molar-refractivity contribution < 1.29 is 0 Å². The fourth-order valence-electron chi connectivity index (χ4n) is 2.86. The third-order valence-corrected chi connectivity index (χ3v) is 3.88. The van der Waals surface area contributed by atoms with Crippen molar-refractivity contribution in [2.45, 2.75) is 18.9 Å². The van der Waals surface area contributed by atoms with E-state index >= 15 is 0 Å². The van der Waals surface area contributed by atoms with Gasteiger partial charge in [0.25, 0.3) is 0 Å². The highest BCUT2D eigenvalue weighted by Gasteiger charge is 2.22. The third-order valence-electron chi connectivity index (χ3n) is 3.88. The second kappa shape index (κ2) is 4.51. The Morgan fingerprint density at radius 3 is 2.82 bits per heavy atom. The maximum Gasteiger partial charge on any atom is 0.0457 e. The number of fused-ring (bicyclic) bond motifs is 1. The number of H-pyrrole nitrogens is 1. The molecule has 17 heavy (non-hydrogen) atoms. The van der Waals surface area contributed by atoms with Crippen LogP contribution in [0.15, 0.2) is 30.5 Å². The fraction of sp³-hybridized carbons (Fsp3) is 0.429. The number of aromatic amines is 1. The summed E-state index contributed by atoms with van der Waals surface area (Å²) in [5.74, 6) is 0.608. The van der Waals surface area contributed by atoms with Crippen molar-refractivity contribution in [2.75, 3.05) is 13.1 Å². The van der Waals surface area contributed by atoms with Crippen LogP contribution in [0.5, 0.6) is 0 Å². The number of piperidine rings is 1. The van der Waals surface area contributed by atoms with Crippen LogP contribution in [0.3, 0.4) is 0 Å². The minimum absolute atomic E-state index is 0.164. The SMILES string of the molecule is N[C@@H](c1cccc2[nH]ccc12)C1CCNCC1. The molecule has 2 aromatic rings. The first kappa shape index (κ1) is 10.8. The van der Waals surface area contributed by atoms with Crippen molar-refractivity contribution >= 4 is 10.9 Å². The van der Waals surface area contributed by atoms with Gasteiger partial charge in [-0.15, -0.1) is 0 Å². The van der Waals surface area contributed by atoms with E-state index in [9.17, 15) is 0 Å². The monoisotopic (exact) mass is 229 g/mol. The molecule has 1 aromatic heterocycles. The van der Waals surface area contributed by atoms with Crippen LogP contribution in [0.1, 0.15) is 24.4 Å². The lowest BCUT2D eigenvalue weighted by Gasteiger charge is -2.28.